The van der Waals surface area contributed by atoms with Gasteiger partial charge in [0, 0.05) is 13.1 Å². The van der Waals surface area contributed by atoms with Crippen LogP contribution >= 0.6 is 0 Å². The van der Waals surface area contributed by atoms with Crippen LogP contribution in [0.1, 0.15) is 36.8 Å². The monoisotopic (exact) mass is 261 g/mol. The van der Waals surface area contributed by atoms with Crippen molar-refractivity contribution in [3.05, 3.63) is 35.4 Å². The average Bonchev–Trinajstić information content (AvgIpc) is 2.82. The molecule has 1 fully saturated rings. The van der Waals surface area contributed by atoms with Crippen LogP contribution in [0.4, 0.5) is 0 Å². The quantitative estimate of drug-likeness (QED) is 0.885. The van der Waals surface area contributed by atoms with Gasteiger partial charge in [0.25, 0.3) is 0 Å². The number of nitrogens with zero attached hydrogens (tertiary/aromatic N) is 1. The van der Waals surface area contributed by atoms with Gasteiger partial charge in [-0.05, 0) is 37.9 Å². The highest BCUT2D eigenvalue weighted by Gasteiger charge is 2.41. The molecule has 3 nitrogen and oxygen atoms in total. The molecule has 1 aromatic rings. The first-order valence-electron chi connectivity index (χ1n) is 7.00. The Morgan fingerprint density at radius 2 is 1.95 bits per heavy atom. The van der Waals surface area contributed by atoms with E-state index in [-0.39, 0.29) is 0 Å². The maximum absolute atomic E-state index is 11.6. The number of carboxylic acids is 1. The average molecular weight is 261 g/mol. The fraction of sp³-hybridized carbons (Fsp3) is 0.562. The first kappa shape index (κ1) is 14.1. The summed E-state index contributed by atoms with van der Waals surface area (Å²) in [6.07, 6.45) is 3.73. The molecule has 0 spiro atoms. The first-order chi connectivity index (χ1) is 9.03. The molecular weight excluding hydrogens is 238 g/mol. The zero-order valence-corrected chi connectivity index (χ0v) is 11.9. The normalized spacial score (nSPS) is 17.8. The number of benzene rings is 1. The van der Waals surface area contributed by atoms with E-state index in [0.29, 0.717) is 6.54 Å². The largest absolute Gasteiger partial charge is 0.481 e. The van der Waals surface area contributed by atoms with Crippen LogP contribution in [0.2, 0.25) is 0 Å². The topological polar surface area (TPSA) is 40.5 Å². The third kappa shape index (κ3) is 3.16. The Morgan fingerprint density at radius 3 is 2.53 bits per heavy atom. The Bertz CT molecular complexity index is 450. The molecule has 0 amide bonds. The Balaban J connectivity index is 2.03. The Labute approximate surface area is 115 Å². The molecule has 1 N–H and O–H groups in total. The summed E-state index contributed by atoms with van der Waals surface area (Å²) in [6.45, 7) is 3.57. The van der Waals surface area contributed by atoms with Gasteiger partial charge in [0.1, 0.15) is 0 Å². The van der Waals surface area contributed by atoms with Crippen molar-refractivity contribution in [3.8, 4) is 0 Å². The highest BCUT2D eigenvalue weighted by molar-refractivity contribution is 5.75. The van der Waals surface area contributed by atoms with Gasteiger partial charge in [-0.2, -0.15) is 0 Å². The Kier molecular flexibility index (Phi) is 4.25. The standard InChI is InChI=1S/C16H23NO2/c1-13-7-3-4-8-14(13)11-17(2)12-16(15(18)19)9-5-6-10-16/h3-4,7-8H,5-6,9-12H2,1-2H3,(H,18,19). The molecule has 1 saturated carbocycles. The maximum atomic E-state index is 11.6. The lowest BCUT2D eigenvalue weighted by molar-refractivity contribution is -0.149. The molecule has 0 unspecified atom stereocenters. The summed E-state index contributed by atoms with van der Waals surface area (Å²) in [5.74, 6) is -0.623. The van der Waals surface area contributed by atoms with E-state index in [1.807, 2.05) is 19.2 Å². The van der Waals surface area contributed by atoms with Gasteiger partial charge < -0.3 is 10.0 Å². The van der Waals surface area contributed by atoms with Crippen molar-refractivity contribution < 1.29 is 9.90 Å². The van der Waals surface area contributed by atoms with Gasteiger partial charge in [0.05, 0.1) is 5.41 Å². The smallest absolute Gasteiger partial charge is 0.310 e. The van der Waals surface area contributed by atoms with E-state index in [1.54, 1.807) is 0 Å². The van der Waals surface area contributed by atoms with Crippen molar-refractivity contribution in [1.82, 2.24) is 4.90 Å². The van der Waals surface area contributed by atoms with Gasteiger partial charge >= 0.3 is 5.97 Å². The minimum absolute atomic E-state index is 0.516. The van der Waals surface area contributed by atoms with Crippen molar-refractivity contribution >= 4 is 5.97 Å². The predicted molar refractivity (Wildman–Crippen MR) is 76.0 cm³/mol. The lowest BCUT2D eigenvalue weighted by atomic mass is 9.85. The number of rotatable bonds is 5. The van der Waals surface area contributed by atoms with E-state index in [4.69, 9.17) is 0 Å². The summed E-state index contributed by atoms with van der Waals surface area (Å²) in [5.41, 5.74) is 2.03. The molecule has 1 aromatic carbocycles. The Hall–Kier alpha value is -1.35. The van der Waals surface area contributed by atoms with Crippen molar-refractivity contribution in [2.45, 2.75) is 39.2 Å². The van der Waals surface area contributed by atoms with Crippen molar-refractivity contribution in [3.63, 3.8) is 0 Å². The van der Waals surface area contributed by atoms with Gasteiger partial charge in [-0.1, -0.05) is 37.1 Å². The molecule has 0 atom stereocenters. The third-order valence-corrected chi connectivity index (χ3v) is 4.29. The molecule has 0 saturated heterocycles. The Morgan fingerprint density at radius 1 is 1.32 bits per heavy atom. The summed E-state index contributed by atoms with van der Waals surface area (Å²) in [6, 6.07) is 8.30. The molecule has 0 bridgehead atoms. The van der Waals surface area contributed by atoms with Gasteiger partial charge in [-0.15, -0.1) is 0 Å². The zero-order valence-electron chi connectivity index (χ0n) is 11.9. The second-order valence-electron chi connectivity index (χ2n) is 5.89. The molecule has 104 valence electrons. The van der Waals surface area contributed by atoms with E-state index < -0.39 is 11.4 Å². The van der Waals surface area contributed by atoms with Crippen LogP contribution in [0.25, 0.3) is 0 Å². The number of hydrogen-bond donors (Lipinski definition) is 1. The van der Waals surface area contributed by atoms with Crippen LogP contribution in [-0.4, -0.2) is 29.6 Å². The van der Waals surface area contributed by atoms with Crippen LogP contribution in [0, 0.1) is 12.3 Å². The minimum Gasteiger partial charge on any atom is -0.481 e. The van der Waals surface area contributed by atoms with Crippen molar-refractivity contribution in [2.24, 2.45) is 5.41 Å². The van der Waals surface area contributed by atoms with E-state index >= 15 is 0 Å². The molecule has 1 aliphatic rings. The van der Waals surface area contributed by atoms with Crippen LogP contribution < -0.4 is 0 Å². The fourth-order valence-corrected chi connectivity index (χ4v) is 3.14. The maximum Gasteiger partial charge on any atom is 0.310 e. The number of aryl methyl sites for hydroxylation is 1. The van der Waals surface area contributed by atoms with E-state index in [0.717, 1.165) is 32.2 Å². The second kappa shape index (κ2) is 5.74. The molecule has 0 heterocycles. The highest BCUT2D eigenvalue weighted by atomic mass is 16.4. The van der Waals surface area contributed by atoms with Gasteiger partial charge in [0.15, 0.2) is 0 Å². The fourth-order valence-electron chi connectivity index (χ4n) is 3.14. The third-order valence-electron chi connectivity index (χ3n) is 4.29. The van der Waals surface area contributed by atoms with Crippen LogP contribution in [0.5, 0.6) is 0 Å². The summed E-state index contributed by atoms with van der Waals surface area (Å²) in [4.78, 5) is 13.7. The summed E-state index contributed by atoms with van der Waals surface area (Å²) in [5, 5.41) is 9.51. The second-order valence-corrected chi connectivity index (χ2v) is 5.89. The molecule has 0 aromatic heterocycles. The lowest BCUT2D eigenvalue weighted by Crippen LogP contribution is -2.39. The van der Waals surface area contributed by atoms with E-state index in [9.17, 15) is 9.90 Å². The van der Waals surface area contributed by atoms with Gasteiger partial charge in [0.2, 0.25) is 0 Å². The van der Waals surface area contributed by atoms with Gasteiger partial charge in [-0.25, -0.2) is 0 Å². The SMILES string of the molecule is Cc1ccccc1CN(C)CC1(C(=O)O)CCCC1. The summed E-state index contributed by atoms with van der Waals surface area (Å²) in [7, 11) is 2.02. The first-order valence-corrected chi connectivity index (χ1v) is 7.00. The highest BCUT2D eigenvalue weighted by Crippen LogP contribution is 2.39. The number of carboxylic acid groups (broad SMARTS) is 1. The molecular formula is C16H23NO2. The van der Waals surface area contributed by atoms with Crippen LogP contribution in [0.3, 0.4) is 0 Å². The number of aliphatic carboxylic acids is 1. The summed E-state index contributed by atoms with van der Waals surface area (Å²) >= 11 is 0. The molecule has 19 heavy (non-hydrogen) atoms. The summed E-state index contributed by atoms with van der Waals surface area (Å²) < 4.78 is 0. The molecule has 0 aliphatic heterocycles. The number of hydrogen-bond acceptors (Lipinski definition) is 2. The molecule has 2 rings (SSSR count). The lowest BCUT2D eigenvalue weighted by Gasteiger charge is -2.30. The molecule has 0 radical (unpaired) electrons. The predicted octanol–water partition coefficient (Wildman–Crippen LogP) is 3.07. The minimum atomic E-state index is -0.623. The number of carbonyl (C=O) groups is 1. The van der Waals surface area contributed by atoms with E-state index in [2.05, 4.69) is 24.0 Å². The van der Waals surface area contributed by atoms with Crippen molar-refractivity contribution in [2.75, 3.05) is 13.6 Å². The molecule has 3 heteroatoms. The van der Waals surface area contributed by atoms with Crippen LogP contribution in [-0.2, 0) is 11.3 Å². The molecule has 1 aliphatic carbocycles. The van der Waals surface area contributed by atoms with E-state index in [1.165, 1.54) is 11.1 Å². The van der Waals surface area contributed by atoms with Crippen molar-refractivity contribution in [1.29, 1.82) is 0 Å². The zero-order chi connectivity index (χ0) is 13.9. The van der Waals surface area contributed by atoms with Crippen LogP contribution in [0.15, 0.2) is 24.3 Å². The van der Waals surface area contributed by atoms with Gasteiger partial charge in [-0.3, -0.25) is 4.79 Å².